The number of likely N-dealkylation sites (tertiary alicyclic amines) is 1. The molecule has 0 unspecified atom stereocenters. The summed E-state index contributed by atoms with van der Waals surface area (Å²) in [4.78, 5) is 36.7. The first-order chi connectivity index (χ1) is 19.0. The summed E-state index contributed by atoms with van der Waals surface area (Å²) in [5.74, 6) is 0.738. The molecule has 0 amide bonds. The highest BCUT2D eigenvalue weighted by Gasteiger charge is 2.23. The second-order valence-corrected chi connectivity index (χ2v) is 9.63. The van der Waals surface area contributed by atoms with Gasteiger partial charge in [-0.15, -0.1) is 0 Å². The number of fused-ring (bicyclic) bond motifs is 1. The van der Waals surface area contributed by atoms with Crippen molar-refractivity contribution in [2.45, 2.75) is 32.8 Å². The lowest BCUT2D eigenvalue weighted by Crippen LogP contribution is -2.22. The number of nitrogens with zero attached hydrogens (tertiary/aromatic N) is 3. The van der Waals surface area contributed by atoms with Crippen LogP contribution in [0.3, 0.4) is 0 Å². The van der Waals surface area contributed by atoms with Gasteiger partial charge in [-0.3, -0.25) is 9.59 Å². The fraction of sp³-hybridized carbons (Fsp3) is 0.333. The van der Waals surface area contributed by atoms with Crippen LogP contribution in [-0.4, -0.2) is 59.8 Å². The standard InChI is InChI=1S/C30H32N4O5/c1-20-8-3-4-9-21(20)18-39-27-17-25(35)24(15-26(27)36)33-30-22-14-28(37-2)29(16-23(22)31-19-32-30)38-13-7-12-34-10-5-6-11-34/h3-4,8-9,14-17,19H,5-7,10-13,18H2,1-2H3,(H,31,32,33). The number of ketones is 2. The number of benzene rings is 2. The Morgan fingerprint density at radius 2 is 1.79 bits per heavy atom. The summed E-state index contributed by atoms with van der Waals surface area (Å²) in [7, 11) is 1.57. The Bertz CT molecular complexity index is 1440. The van der Waals surface area contributed by atoms with Gasteiger partial charge >= 0.3 is 0 Å². The highest BCUT2D eigenvalue weighted by atomic mass is 16.5. The van der Waals surface area contributed by atoms with Crippen molar-refractivity contribution >= 4 is 28.3 Å². The Morgan fingerprint density at radius 1 is 0.974 bits per heavy atom. The Morgan fingerprint density at radius 3 is 2.59 bits per heavy atom. The van der Waals surface area contributed by atoms with E-state index in [2.05, 4.69) is 20.2 Å². The van der Waals surface area contributed by atoms with E-state index >= 15 is 0 Å². The first-order valence-corrected chi connectivity index (χ1v) is 13.2. The zero-order valence-corrected chi connectivity index (χ0v) is 22.2. The van der Waals surface area contributed by atoms with Crippen LogP contribution in [0.4, 0.5) is 5.82 Å². The maximum absolute atomic E-state index is 12.9. The molecule has 1 aliphatic heterocycles. The van der Waals surface area contributed by atoms with Crippen molar-refractivity contribution in [3.8, 4) is 11.5 Å². The van der Waals surface area contributed by atoms with Gasteiger partial charge in [0.25, 0.3) is 0 Å². The molecular weight excluding hydrogens is 496 g/mol. The summed E-state index contributed by atoms with van der Waals surface area (Å²) >= 11 is 0. The van der Waals surface area contributed by atoms with Crippen LogP contribution in [0.1, 0.15) is 30.4 Å². The number of nitrogens with one attached hydrogen (secondary N) is 1. The number of aromatic nitrogens is 2. The molecule has 2 aliphatic rings. The molecule has 1 saturated heterocycles. The molecule has 1 N–H and O–H groups in total. The minimum atomic E-state index is -0.397. The minimum Gasteiger partial charge on any atom is -0.493 e. The lowest BCUT2D eigenvalue weighted by Gasteiger charge is -2.17. The van der Waals surface area contributed by atoms with E-state index in [0.29, 0.717) is 34.8 Å². The van der Waals surface area contributed by atoms with Crippen LogP contribution in [0, 0.1) is 6.92 Å². The molecule has 0 spiro atoms. The smallest absolute Gasteiger partial charge is 0.222 e. The summed E-state index contributed by atoms with van der Waals surface area (Å²) in [6.45, 7) is 6.07. The van der Waals surface area contributed by atoms with Crippen molar-refractivity contribution < 1.29 is 23.8 Å². The summed E-state index contributed by atoms with van der Waals surface area (Å²) in [5.41, 5.74) is 2.72. The third kappa shape index (κ3) is 6.26. The Labute approximate surface area is 227 Å². The van der Waals surface area contributed by atoms with Crippen molar-refractivity contribution in [2.24, 2.45) is 0 Å². The molecule has 5 rings (SSSR count). The molecule has 1 aliphatic carbocycles. The van der Waals surface area contributed by atoms with E-state index in [-0.39, 0.29) is 23.8 Å². The maximum Gasteiger partial charge on any atom is 0.222 e. The van der Waals surface area contributed by atoms with Gasteiger partial charge in [-0.05, 0) is 56.5 Å². The van der Waals surface area contributed by atoms with E-state index in [1.165, 1.54) is 31.3 Å². The van der Waals surface area contributed by atoms with E-state index in [0.717, 1.165) is 37.2 Å². The molecule has 0 atom stereocenters. The van der Waals surface area contributed by atoms with Gasteiger partial charge in [-0.2, -0.15) is 0 Å². The van der Waals surface area contributed by atoms with Crippen molar-refractivity contribution in [1.82, 2.24) is 14.9 Å². The number of anilines is 1. The van der Waals surface area contributed by atoms with Crippen molar-refractivity contribution in [2.75, 3.05) is 38.7 Å². The van der Waals surface area contributed by atoms with Crippen LogP contribution in [0.25, 0.3) is 10.9 Å². The fourth-order valence-electron chi connectivity index (χ4n) is 4.72. The average Bonchev–Trinajstić information content (AvgIpc) is 3.46. The van der Waals surface area contributed by atoms with E-state index in [4.69, 9.17) is 14.2 Å². The number of allylic oxidation sites excluding steroid dienone is 2. The topological polar surface area (TPSA) is 103 Å². The molecule has 1 fully saturated rings. The predicted octanol–water partition coefficient (Wildman–Crippen LogP) is 4.36. The van der Waals surface area contributed by atoms with Gasteiger partial charge in [-0.1, -0.05) is 24.3 Å². The van der Waals surface area contributed by atoms with Gasteiger partial charge in [0, 0.05) is 30.1 Å². The summed E-state index contributed by atoms with van der Waals surface area (Å²) < 4.78 is 17.3. The van der Waals surface area contributed by atoms with Crippen LogP contribution in [0.15, 0.2) is 66.3 Å². The number of hydrogen-bond acceptors (Lipinski definition) is 9. The number of rotatable bonds is 11. The van der Waals surface area contributed by atoms with Crippen molar-refractivity contribution in [3.63, 3.8) is 0 Å². The van der Waals surface area contributed by atoms with Gasteiger partial charge < -0.3 is 24.4 Å². The van der Waals surface area contributed by atoms with E-state index in [1.807, 2.05) is 31.2 Å². The number of hydrogen-bond donors (Lipinski definition) is 1. The van der Waals surface area contributed by atoms with Gasteiger partial charge in [0.05, 0.1) is 24.9 Å². The third-order valence-corrected chi connectivity index (χ3v) is 6.94. The summed E-state index contributed by atoms with van der Waals surface area (Å²) in [6, 6.07) is 11.3. The molecule has 0 saturated carbocycles. The molecule has 2 heterocycles. The molecule has 0 bridgehead atoms. The summed E-state index contributed by atoms with van der Waals surface area (Å²) in [6.07, 6.45) is 7.30. The maximum atomic E-state index is 12.9. The van der Waals surface area contributed by atoms with E-state index in [9.17, 15) is 9.59 Å². The molecule has 0 radical (unpaired) electrons. The first kappa shape index (κ1) is 26.4. The SMILES string of the molecule is COc1cc2c(NC3=CC(=O)C(OCc4ccccc4C)=CC3=O)ncnc2cc1OCCCN1CCCC1. The van der Waals surface area contributed by atoms with Crippen molar-refractivity contribution in [1.29, 1.82) is 0 Å². The third-order valence-electron chi connectivity index (χ3n) is 6.94. The number of carbonyl (C=O) groups is 2. The lowest BCUT2D eigenvalue weighted by atomic mass is 10.1. The molecule has 9 heteroatoms. The lowest BCUT2D eigenvalue weighted by molar-refractivity contribution is -0.117. The molecular formula is C30H32N4O5. The average molecular weight is 529 g/mol. The normalized spacial score (nSPS) is 15.7. The largest absolute Gasteiger partial charge is 0.493 e. The Balaban J connectivity index is 1.27. The zero-order valence-electron chi connectivity index (χ0n) is 22.2. The minimum absolute atomic E-state index is 0.00883. The van der Waals surface area contributed by atoms with E-state index < -0.39 is 5.78 Å². The Hall–Kier alpha value is -4.24. The van der Waals surface area contributed by atoms with Gasteiger partial charge in [0.15, 0.2) is 17.3 Å². The van der Waals surface area contributed by atoms with Crippen LogP contribution in [0.5, 0.6) is 11.5 Å². The molecule has 202 valence electrons. The second-order valence-electron chi connectivity index (χ2n) is 9.63. The fourth-order valence-corrected chi connectivity index (χ4v) is 4.72. The molecule has 9 nitrogen and oxygen atoms in total. The predicted molar refractivity (Wildman–Crippen MR) is 148 cm³/mol. The van der Waals surface area contributed by atoms with Gasteiger partial charge in [0.2, 0.25) is 11.6 Å². The number of carbonyl (C=O) groups excluding carboxylic acids is 2. The number of ether oxygens (including phenoxy) is 3. The molecule has 1 aromatic heterocycles. The van der Waals surface area contributed by atoms with Crippen LogP contribution >= 0.6 is 0 Å². The van der Waals surface area contributed by atoms with E-state index in [1.54, 1.807) is 19.2 Å². The quantitative estimate of drug-likeness (QED) is 0.287. The molecule has 3 aromatic rings. The zero-order chi connectivity index (χ0) is 27.2. The first-order valence-electron chi connectivity index (χ1n) is 13.2. The van der Waals surface area contributed by atoms with Crippen LogP contribution in [-0.2, 0) is 20.9 Å². The number of methoxy groups -OCH3 is 1. The van der Waals surface area contributed by atoms with Gasteiger partial charge in [0.1, 0.15) is 18.8 Å². The molecule has 39 heavy (non-hydrogen) atoms. The highest BCUT2D eigenvalue weighted by molar-refractivity contribution is 6.20. The van der Waals surface area contributed by atoms with Gasteiger partial charge in [-0.25, -0.2) is 9.97 Å². The van der Waals surface area contributed by atoms with Crippen molar-refractivity contribution in [3.05, 3.63) is 77.5 Å². The van der Waals surface area contributed by atoms with Crippen LogP contribution < -0.4 is 14.8 Å². The highest BCUT2D eigenvalue weighted by Crippen LogP contribution is 2.34. The number of aryl methyl sites for hydroxylation is 1. The van der Waals surface area contributed by atoms with Crippen LogP contribution in [0.2, 0.25) is 0 Å². The second kappa shape index (κ2) is 12.1. The Kier molecular flexibility index (Phi) is 8.17. The molecule has 2 aromatic carbocycles. The monoisotopic (exact) mass is 528 g/mol. The summed E-state index contributed by atoms with van der Waals surface area (Å²) in [5, 5.41) is 3.63.